The van der Waals surface area contributed by atoms with Crippen LogP contribution in [0.25, 0.3) is 0 Å². The number of anilines is 1. The van der Waals surface area contributed by atoms with E-state index < -0.39 is 5.92 Å². The average molecular weight is 631 g/mol. The molecule has 0 aromatic heterocycles. The van der Waals surface area contributed by atoms with E-state index >= 15 is 0 Å². The topological polar surface area (TPSA) is 79.3 Å². The van der Waals surface area contributed by atoms with Gasteiger partial charge in [-0.2, -0.15) is 5.26 Å². The van der Waals surface area contributed by atoms with Gasteiger partial charge in [0.25, 0.3) is 0 Å². The van der Waals surface area contributed by atoms with Gasteiger partial charge in [0.1, 0.15) is 18.2 Å². The van der Waals surface area contributed by atoms with Crippen LogP contribution < -0.4 is 15.4 Å². The Morgan fingerprint density at radius 1 is 1.10 bits per heavy atom. The number of aryl methyl sites for hydroxylation is 2. The standard InChI is InChI=1S/C34H33BrClN3O2/c1-19-12-22(18-41-25-10-7-23(35)8-11-25)21(3)26(13-19)31-27(17-37)33(38)39(28-14-24(36)9-6-20(28)2)29-15-34(4,5)16-30(40)32(29)31/h6-14,31H,15-16,18,38H2,1-5H3. The third-order valence-electron chi connectivity index (χ3n) is 8.01. The Kier molecular flexibility index (Phi) is 7.80. The summed E-state index contributed by atoms with van der Waals surface area (Å²) in [6.07, 6.45) is 1.04. The van der Waals surface area contributed by atoms with Crippen molar-refractivity contribution in [2.75, 3.05) is 4.90 Å². The van der Waals surface area contributed by atoms with Gasteiger partial charge in [-0.15, -0.1) is 0 Å². The predicted molar refractivity (Wildman–Crippen MR) is 168 cm³/mol. The quantitative estimate of drug-likeness (QED) is 0.306. The minimum absolute atomic E-state index is 0.0414. The van der Waals surface area contributed by atoms with Gasteiger partial charge in [-0.25, -0.2) is 0 Å². The third-order valence-corrected chi connectivity index (χ3v) is 8.78. The smallest absolute Gasteiger partial charge is 0.162 e. The molecular formula is C34H33BrClN3O2. The molecule has 1 aliphatic carbocycles. The number of halogens is 2. The zero-order valence-corrected chi connectivity index (χ0v) is 26.3. The number of hydrogen-bond donors (Lipinski definition) is 1. The molecule has 5 nitrogen and oxygen atoms in total. The largest absolute Gasteiger partial charge is 0.489 e. The van der Waals surface area contributed by atoms with E-state index in [4.69, 9.17) is 22.1 Å². The number of ketones is 1. The van der Waals surface area contributed by atoms with Gasteiger partial charge < -0.3 is 10.5 Å². The number of nitrogens with two attached hydrogens (primary N) is 1. The van der Waals surface area contributed by atoms with Gasteiger partial charge in [-0.05, 0) is 91.3 Å². The molecule has 1 atom stereocenters. The number of carbonyl (C=O) groups is 1. The van der Waals surface area contributed by atoms with Gasteiger partial charge in [0.05, 0.1) is 23.2 Å². The molecule has 0 saturated carbocycles. The molecular weight excluding hydrogens is 598 g/mol. The highest BCUT2D eigenvalue weighted by Gasteiger charge is 2.45. The van der Waals surface area contributed by atoms with E-state index in [2.05, 4.69) is 48.0 Å². The van der Waals surface area contributed by atoms with Crippen LogP contribution in [-0.2, 0) is 11.4 Å². The van der Waals surface area contributed by atoms with Crippen LogP contribution in [0.5, 0.6) is 5.75 Å². The summed E-state index contributed by atoms with van der Waals surface area (Å²) in [4.78, 5) is 15.9. The Hall–Kier alpha value is -3.53. The van der Waals surface area contributed by atoms with Crippen LogP contribution in [0, 0.1) is 37.5 Å². The molecule has 0 amide bonds. The highest BCUT2D eigenvalue weighted by Crippen LogP contribution is 2.51. The van der Waals surface area contributed by atoms with E-state index in [1.807, 2.05) is 68.1 Å². The molecule has 0 bridgehead atoms. The van der Waals surface area contributed by atoms with E-state index in [1.165, 1.54) is 0 Å². The van der Waals surface area contributed by atoms with Crippen molar-refractivity contribution in [3.63, 3.8) is 0 Å². The van der Waals surface area contributed by atoms with Gasteiger partial charge in [-0.1, -0.05) is 65.1 Å². The molecule has 2 aliphatic rings. The molecule has 41 heavy (non-hydrogen) atoms. The Bertz CT molecular complexity index is 1660. The zero-order valence-electron chi connectivity index (χ0n) is 23.9. The molecule has 1 unspecified atom stereocenters. The minimum atomic E-state index is -0.569. The fraction of sp³-hybridized carbons (Fsp3) is 0.294. The van der Waals surface area contributed by atoms with Crippen molar-refractivity contribution < 1.29 is 9.53 Å². The number of benzene rings is 3. The first kappa shape index (κ1) is 29.0. The first-order valence-electron chi connectivity index (χ1n) is 13.6. The summed E-state index contributed by atoms with van der Waals surface area (Å²) >= 11 is 9.89. The second-order valence-electron chi connectivity index (χ2n) is 11.8. The van der Waals surface area contributed by atoms with E-state index in [0.29, 0.717) is 41.4 Å². The molecule has 5 rings (SSSR count). The van der Waals surface area contributed by atoms with Crippen molar-refractivity contribution in [3.8, 4) is 11.8 Å². The Morgan fingerprint density at radius 2 is 1.80 bits per heavy atom. The normalized spacial score (nSPS) is 18.3. The highest BCUT2D eigenvalue weighted by atomic mass is 79.9. The number of nitrogens with zero attached hydrogens (tertiary/aromatic N) is 2. The molecule has 0 radical (unpaired) electrons. The first-order valence-corrected chi connectivity index (χ1v) is 14.8. The molecule has 0 saturated heterocycles. The number of rotatable bonds is 5. The van der Waals surface area contributed by atoms with Gasteiger partial charge in [-0.3, -0.25) is 9.69 Å². The summed E-state index contributed by atoms with van der Waals surface area (Å²) in [5.41, 5.74) is 14.1. The summed E-state index contributed by atoms with van der Waals surface area (Å²) in [6, 6.07) is 19.9. The molecule has 1 aliphatic heterocycles. The van der Waals surface area contributed by atoms with Crippen LogP contribution in [0.15, 0.2) is 81.7 Å². The van der Waals surface area contributed by atoms with Gasteiger partial charge in [0.2, 0.25) is 0 Å². The molecule has 210 valence electrons. The van der Waals surface area contributed by atoms with Crippen LogP contribution >= 0.6 is 27.5 Å². The second-order valence-corrected chi connectivity index (χ2v) is 13.1. The first-order chi connectivity index (χ1) is 19.4. The SMILES string of the molecule is Cc1cc(COc2ccc(Br)cc2)c(C)c(C2C(C#N)=C(N)N(c3cc(Cl)ccc3C)C3=C2C(=O)CC(C)(C)C3)c1. The van der Waals surface area contributed by atoms with Crippen LogP contribution in [0.4, 0.5) is 5.69 Å². The maximum absolute atomic E-state index is 14.0. The Morgan fingerprint density at radius 3 is 2.49 bits per heavy atom. The monoisotopic (exact) mass is 629 g/mol. The zero-order chi connectivity index (χ0) is 29.6. The van der Waals surface area contributed by atoms with Crippen molar-refractivity contribution in [3.05, 3.63) is 115 Å². The van der Waals surface area contributed by atoms with Crippen LogP contribution in [0.3, 0.4) is 0 Å². The summed E-state index contributed by atoms with van der Waals surface area (Å²) in [5.74, 6) is 0.568. The number of hydrogen-bond acceptors (Lipinski definition) is 5. The van der Waals surface area contributed by atoms with Crippen LogP contribution in [-0.4, -0.2) is 5.78 Å². The summed E-state index contributed by atoms with van der Waals surface area (Å²) in [5, 5.41) is 11.1. The molecule has 1 heterocycles. The fourth-order valence-electron chi connectivity index (χ4n) is 6.02. The van der Waals surface area contributed by atoms with Crippen molar-refractivity contribution in [2.45, 2.75) is 60.0 Å². The van der Waals surface area contributed by atoms with Crippen molar-refractivity contribution >= 4 is 39.0 Å². The predicted octanol–water partition coefficient (Wildman–Crippen LogP) is 8.55. The molecule has 3 aromatic carbocycles. The number of allylic oxidation sites excluding steroid dienone is 3. The Balaban J connectivity index is 1.69. The molecule has 2 N–H and O–H groups in total. The van der Waals surface area contributed by atoms with E-state index in [9.17, 15) is 10.1 Å². The lowest BCUT2D eigenvalue weighted by atomic mass is 9.67. The third kappa shape index (κ3) is 5.54. The maximum atomic E-state index is 14.0. The van der Waals surface area contributed by atoms with E-state index in [-0.39, 0.29) is 11.2 Å². The lowest BCUT2D eigenvalue weighted by Crippen LogP contribution is -2.42. The van der Waals surface area contributed by atoms with Crippen molar-refractivity contribution in [1.29, 1.82) is 5.26 Å². The number of nitriles is 1. The molecule has 3 aromatic rings. The van der Waals surface area contributed by atoms with E-state index in [0.717, 1.165) is 49.4 Å². The lowest BCUT2D eigenvalue weighted by Gasteiger charge is -2.44. The molecule has 7 heteroatoms. The van der Waals surface area contributed by atoms with E-state index in [1.54, 1.807) is 0 Å². The summed E-state index contributed by atoms with van der Waals surface area (Å²) < 4.78 is 7.11. The van der Waals surface area contributed by atoms with Gasteiger partial charge in [0.15, 0.2) is 5.78 Å². The number of carbonyl (C=O) groups excluding carboxylic acids is 1. The van der Waals surface area contributed by atoms with Gasteiger partial charge >= 0.3 is 0 Å². The lowest BCUT2D eigenvalue weighted by molar-refractivity contribution is -0.118. The summed E-state index contributed by atoms with van der Waals surface area (Å²) in [7, 11) is 0. The van der Waals surface area contributed by atoms with Gasteiger partial charge in [0, 0.05) is 27.2 Å². The molecule has 0 fully saturated rings. The van der Waals surface area contributed by atoms with Crippen molar-refractivity contribution in [1.82, 2.24) is 0 Å². The molecule has 0 spiro atoms. The average Bonchev–Trinajstić information content (AvgIpc) is 2.90. The fourth-order valence-corrected chi connectivity index (χ4v) is 6.45. The van der Waals surface area contributed by atoms with Crippen LogP contribution in [0.1, 0.15) is 60.4 Å². The van der Waals surface area contributed by atoms with Crippen LogP contribution in [0.2, 0.25) is 5.02 Å². The highest BCUT2D eigenvalue weighted by molar-refractivity contribution is 9.10. The van der Waals surface area contributed by atoms with Crippen molar-refractivity contribution in [2.24, 2.45) is 11.1 Å². The minimum Gasteiger partial charge on any atom is -0.489 e. The Labute approximate surface area is 255 Å². The summed E-state index contributed by atoms with van der Waals surface area (Å²) in [6.45, 7) is 10.6. The second kappa shape index (κ2) is 11.0. The number of ether oxygens (including phenoxy) is 1. The number of Topliss-reactive ketones (excluding diaryl/α,β-unsaturated/α-hetero) is 1. The maximum Gasteiger partial charge on any atom is 0.162 e.